The summed E-state index contributed by atoms with van der Waals surface area (Å²) in [6.07, 6.45) is 0.172. The van der Waals surface area contributed by atoms with Gasteiger partial charge in [0, 0.05) is 12.0 Å². The Hall–Kier alpha value is -0.720. The molecule has 108 valence electrons. The van der Waals surface area contributed by atoms with Crippen LogP contribution in [0.2, 0.25) is 0 Å². The average Bonchev–Trinajstić information content (AvgIpc) is 2.84. The summed E-state index contributed by atoms with van der Waals surface area (Å²) in [5.41, 5.74) is 0.0397. The van der Waals surface area contributed by atoms with Crippen molar-refractivity contribution in [2.24, 2.45) is 0 Å². The molecule has 2 nitrogen and oxygen atoms in total. The van der Waals surface area contributed by atoms with Crippen molar-refractivity contribution < 1.29 is 13.2 Å². The summed E-state index contributed by atoms with van der Waals surface area (Å²) in [5.74, 6) is -0.491. The molecule has 0 aliphatic heterocycles. The van der Waals surface area contributed by atoms with E-state index in [0.29, 0.717) is 17.0 Å². The molecule has 2 rings (SSSR count). The Kier molecular flexibility index (Phi) is 5.35. The van der Waals surface area contributed by atoms with Crippen molar-refractivity contribution in [3.05, 3.63) is 56.4 Å². The quantitative estimate of drug-likeness (QED) is 0.706. The molecule has 0 aliphatic rings. The van der Waals surface area contributed by atoms with Crippen molar-refractivity contribution in [3.8, 4) is 0 Å². The first-order valence-electron chi connectivity index (χ1n) is 6.14. The molecule has 0 radical (unpaired) electrons. The fraction of sp³-hybridized carbons (Fsp3) is 0.286. The lowest BCUT2D eigenvalue weighted by molar-refractivity contribution is 0.397. The van der Waals surface area contributed by atoms with Crippen molar-refractivity contribution in [2.75, 3.05) is 6.54 Å². The maximum absolute atomic E-state index is 14.0. The third-order valence-corrected chi connectivity index (χ3v) is 3.97. The summed E-state index contributed by atoms with van der Waals surface area (Å²) in [6.45, 7) is 2.60. The molecule has 1 unspecified atom stereocenters. The standard InChI is InChI=1S/C14H13Br2F2NO/c1-2-19-11(12-5-6-13(16)20-12)7-8-10(17)4-3-9(15)14(8)18/h3-6,11,19H,2,7H2,1H3. The highest BCUT2D eigenvalue weighted by Crippen LogP contribution is 2.28. The minimum atomic E-state index is -0.571. The van der Waals surface area contributed by atoms with Crippen LogP contribution in [0.4, 0.5) is 8.78 Å². The second-order valence-electron chi connectivity index (χ2n) is 4.28. The lowest BCUT2D eigenvalue weighted by atomic mass is 10.0. The Morgan fingerprint density at radius 1 is 1.20 bits per heavy atom. The zero-order chi connectivity index (χ0) is 14.7. The van der Waals surface area contributed by atoms with Crippen LogP contribution in [0.3, 0.4) is 0 Å². The number of hydrogen-bond donors (Lipinski definition) is 1. The molecule has 6 heteroatoms. The van der Waals surface area contributed by atoms with E-state index in [1.54, 1.807) is 12.1 Å². The van der Waals surface area contributed by atoms with Crippen LogP contribution in [0, 0.1) is 11.6 Å². The van der Waals surface area contributed by atoms with Gasteiger partial charge in [0.15, 0.2) is 4.67 Å². The van der Waals surface area contributed by atoms with Gasteiger partial charge in [-0.05, 0) is 62.7 Å². The van der Waals surface area contributed by atoms with Crippen molar-refractivity contribution in [1.29, 1.82) is 0 Å². The fourth-order valence-corrected chi connectivity index (χ4v) is 2.69. The average molecular weight is 409 g/mol. The number of furan rings is 1. The first-order valence-corrected chi connectivity index (χ1v) is 7.72. The molecule has 1 aromatic carbocycles. The minimum absolute atomic E-state index is 0.0397. The molecule has 0 bridgehead atoms. The molecule has 1 atom stereocenters. The highest BCUT2D eigenvalue weighted by molar-refractivity contribution is 9.10. The van der Waals surface area contributed by atoms with Gasteiger partial charge in [0.2, 0.25) is 0 Å². The van der Waals surface area contributed by atoms with E-state index in [9.17, 15) is 8.78 Å². The molecule has 0 fully saturated rings. The van der Waals surface area contributed by atoms with Crippen LogP contribution in [0.5, 0.6) is 0 Å². The van der Waals surface area contributed by atoms with Crippen LogP contribution in [-0.2, 0) is 6.42 Å². The van der Waals surface area contributed by atoms with E-state index in [2.05, 4.69) is 37.2 Å². The van der Waals surface area contributed by atoms with Crippen molar-refractivity contribution in [2.45, 2.75) is 19.4 Å². The third-order valence-electron chi connectivity index (χ3n) is 2.94. The van der Waals surface area contributed by atoms with Crippen LogP contribution in [0.1, 0.15) is 24.3 Å². The lowest BCUT2D eigenvalue weighted by Crippen LogP contribution is -2.23. The Morgan fingerprint density at radius 3 is 2.55 bits per heavy atom. The van der Waals surface area contributed by atoms with Gasteiger partial charge in [0.1, 0.15) is 17.4 Å². The highest BCUT2D eigenvalue weighted by Gasteiger charge is 2.20. The Morgan fingerprint density at radius 2 is 1.95 bits per heavy atom. The summed E-state index contributed by atoms with van der Waals surface area (Å²) >= 11 is 6.30. The van der Waals surface area contributed by atoms with Crippen molar-refractivity contribution >= 4 is 31.9 Å². The Labute approximate surface area is 132 Å². The molecule has 20 heavy (non-hydrogen) atoms. The molecule has 0 spiro atoms. The van der Waals surface area contributed by atoms with Gasteiger partial charge in [-0.3, -0.25) is 0 Å². The number of hydrogen-bond acceptors (Lipinski definition) is 2. The van der Waals surface area contributed by atoms with Gasteiger partial charge in [-0.2, -0.15) is 0 Å². The summed E-state index contributed by atoms with van der Waals surface area (Å²) in [7, 11) is 0. The van der Waals surface area contributed by atoms with Gasteiger partial charge < -0.3 is 9.73 Å². The fourth-order valence-electron chi connectivity index (χ4n) is 2.00. The van der Waals surface area contributed by atoms with Crippen LogP contribution < -0.4 is 5.32 Å². The summed E-state index contributed by atoms with van der Waals surface area (Å²) in [6, 6.07) is 5.87. The van der Waals surface area contributed by atoms with Crippen LogP contribution in [-0.4, -0.2) is 6.54 Å². The van der Waals surface area contributed by atoms with Gasteiger partial charge in [-0.1, -0.05) is 6.92 Å². The molecule has 0 aliphatic carbocycles. The first kappa shape index (κ1) is 15.7. The van der Waals surface area contributed by atoms with Crippen LogP contribution >= 0.6 is 31.9 Å². The third kappa shape index (κ3) is 3.48. The van der Waals surface area contributed by atoms with E-state index < -0.39 is 11.6 Å². The molecular formula is C14H13Br2F2NO. The van der Waals surface area contributed by atoms with Gasteiger partial charge >= 0.3 is 0 Å². The summed E-state index contributed by atoms with van der Waals surface area (Å²) in [4.78, 5) is 0. The van der Waals surface area contributed by atoms with Gasteiger partial charge in [-0.25, -0.2) is 8.78 Å². The van der Waals surface area contributed by atoms with Crippen LogP contribution in [0.15, 0.2) is 37.8 Å². The monoisotopic (exact) mass is 407 g/mol. The van der Waals surface area contributed by atoms with E-state index in [1.807, 2.05) is 6.92 Å². The van der Waals surface area contributed by atoms with Crippen molar-refractivity contribution in [3.63, 3.8) is 0 Å². The normalized spacial score (nSPS) is 12.7. The van der Waals surface area contributed by atoms with Gasteiger partial charge in [0.25, 0.3) is 0 Å². The predicted molar refractivity (Wildman–Crippen MR) is 80.6 cm³/mol. The topological polar surface area (TPSA) is 25.2 Å². The van der Waals surface area contributed by atoms with Gasteiger partial charge in [0.05, 0.1) is 10.5 Å². The zero-order valence-electron chi connectivity index (χ0n) is 10.7. The molecular weight excluding hydrogens is 396 g/mol. The number of benzene rings is 1. The largest absolute Gasteiger partial charge is 0.453 e. The Bertz CT molecular complexity index is 601. The number of rotatable bonds is 5. The van der Waals surface area contributed by atoms with E-state index in [4.69, 9.17) is 4.42 Å². The maximum Gasteiger partial charge on any atom is 0.169 e. The molecule has 0 saturated heterocycles. The van der Waals surface area contributed by atoms with E-state index in [0.717, 1.165) is 0 Å². The molecule has 0 amide bonds. The molecule has 1 aromatic heterocycles. The van der Waals surface area contributed by atoms with Crippen LogP contribution in [0.25, 0.3) is 0 Å². The van der Waals surface area contributed by atoms with E-state index in [-0.39, 0.29) is 22.5 Å². The van der Waals surface area contributed by atoms with E-state index in [1.165, 1.54) is 12.1 Å². The lowest BCUT2D eigenvalue weighted by Gasteiger charge is -2.17. The summed E-state index contributed by atoms with van der Waals surface area (Å²) in [5, 5.41) is 3.17. The predicted octanol–water partition coefficient (Wildman–Crippen LogP) is 4.98. The number of likely N-dealkylation sites (N-methyl/N-ethyl adjacent to an activating group) is 1. The maximum atomic E-state index is 14.0. The summed E-state index contributed by atoms with van der Waals surface area (Å²) < 4.78 is 34.2. The second-order valence-corrected chi connectivity index (χ2v) is 5.91. The number of halogens is 4. The zero-order valence-corrected chi connectivity index (χ0v) is 13.9. The van der Waals surface area contributed by atoms with E-state index >= 15 is 0 Å². The number of nitrogens with one attached hydrogen (secondary N) is 1. The Balaban J connectivity index is 2.31. The SMILES string of the molecule is CCNC(Cc1c(F)ccc(Br)c1F)c1ccc(Br)o1. The smallest absolute Gasteiger partial charge is 0.169 e. The minimum Gasteiger partial charge on any atom is -0.453 e. The molecule has 2 aromatic rings. The molecule has 1 heterocycles. The second kappa shape index (κ2) is 6.83. The first-order chi connectivity index (χ1) is 9.52. The van der Waals surface area contributed by atoms with Crippen molar-refractivity contribution in [1.82, 2.24) is 5.32 Å². The van der Waals surface area contributed by atoms with Gasteiger partial charge in [-0.15, -0.1) is 0 Å². The highest BCUT2D eigenvalue weighted by atomic mass is 79.9. The molecule has 1 N–H and O–H groups in total. The molecule has 0 saturated carbocycles.